The van der Waals surface area contributed by atoms with Gasteiger partial charge in [0.1, 0.15) is 16.4 Å². The van der Waals surface area contributed by atoms with E-state index in [1.54, 1.807) is 31.2 Å². The standard InChI is InChI=1S/C21H25ClN2O5S/c1-23(17-5-4-6-18(14-17)28-2)21(25)15-9-11-24(12-10-15)30(26,27)20-13-16(22)7-8-19(20)29-3/h4-8,13-15H,9-12H2,1-3H3. The van der Waals surface area contributed by atoms with Crippen molar-refractivity contribution in [3.63, 3.8) is 0 Å². The molecule has 30 heavy (non-hydrogen) atoms. The Hall–Kier alpha value is -2.29. The van der Waals surface area contributed by atoms with E-state index in [4.69, 9.17) is 21.1 Å². The van der Waals surface area contributed by atoms with Crippen LogP contribution in [0.1, 0.15) is 12.8 Å². The van der Waals surface area contributed by atoms with Crippen molar-refractivity contribution in [3.05, 3.63) is 47.5 Å². The molecule has 1 amide bonds. The van der Waals surface area contributed by atoms with Crippen LogP contribution in [0.5, 0.6) is 11.5 Å². The highest BCUT2D eigenvalue weighted by atomic mass is 35.5. The molecule has 7 nitrogen and oxygen atoms in total. The van der Waals surface area contributed by atoms with Gasteiger partial charge in [0.15, 0.2) is 0 Å². The van der Waals surface area contributed by atoms with Gasteiger partial charge in [0.25, 0.3) is 0 Å². The number of sulfonamides is 1. The molecule has 0 aromatic heterocycles. The maximum absolute atomic E-state index is 13.1. The minimum atomic E-state index is -3.78. The summed E-state index contributed by atoms with van der Waals surface area (Å²) in [5, 5.41) is 0.319. The monoisotopic (exact) mass is 452 g/mol. The number of ether oxygens (including phenoxy) is 2. The summed E-state index contributed by atoms with van der Waals surface area (Å²) in [5.41, 5.74) is 0.734. The molecule has 2 aromatic carbocycles. The number of methoxy groups -OCH3 is 2. The van der Waals surface area contributed by atoms with E-state index in [0.29, 0.717) is 23.6 Å². The number of rotatable bonds is 6. The number of carbonyl (C=O) groups is 1. The quantitative estimate of drug-likeness (QED) is 0.671. The number of piperidine rings is 1. The average molecular weight is 453 g/mol. The Labute approximate surface area is 182 Å². The number of carbonyl (C=O) groups excluding carboxylic acids is 1. The van der Waals surface area contributed by atoms with Gasteiger partial charge in [-0.15, -0.1) is 0 Å². The number of anilines is 1. The van der Waals surface area contributed by atoms with E-state index in [0.717, 1.165) is 5.69 Å². The molecule has 0 radical (unpaired) electrons. The number of hydrogen-bond donors (Lipinski definition) is 0. The fourth-order valence-corrected chi connectivity index (χ4v) is 5.44. The van der Waals surface area contributed by atoms with E-state index in [9.17, 15) is 13.2 Å². The Morgan fingerprint density at radius 3 is 2.43 bits per heavy atom. The molecule has 9 heteroatoms. The molecule has 162 valence electrons. The normalized spacial score (nSPS) is 15.6. The van der Waals surface area contributed by atoms with E-state index in [2.05, 4.69) is 0 Å². The zero-order valence-corrected chi connectivity index (χ0v) is 18.7. The average Bonchev–Trinajstić information content (AvgIpc) is 2.78. The third kappa shape index (κ3) is 4.55. The van der Waals surface area contributed by atoms with Crippen molar-refractivity contribution in [1.29, 1.82) is 0 Å². The highest BCUT2D eigenvalue weighted by molar-refractivity contribution is 7.89. The molecule has 1 saturated heterocycles. The van der Waals surface area contributed by atoms with E-state index in [-0.39, 0.29) is 35.6 Å². The predicted octanol–water partition coefficient (Wildman–Crippen LogP) is 3.42. The predicted molar refractivity (Wildman–Crippen MR) is 116 cm³/mol. The summed E-state index contributed by atoms with van der Waals surface area (Å²) >= 11 is 6.00. The van der Waals surface area contributed by atoms with Gasteiger partial charge >= 0.3 is 0 Å². The van der Waals surface area contributed by atoms with Crippen LogP contribution in [-0.2, 0) is 14.8 Å². The molecule has 1 aliphatic rings. The van der Waals surface area contributed by atoms with Crippen molar-refractivity contribution in [2.45, 2.75) is 17.7 Å². The van der Waals surface area contributed by atoms with Gasteiger partial charge in [-0.3, -0.25) is 4.79 Å². The van der Waals surface area contributed by atoms with Crippen LogP contribution in [0.2, 0.25) is 5.02 Å². The van der Waals surface area contributed by atoms with E-state index < -0.39 is 10.0 Å². The number of halogens is 1. The maximum atomic E-state index is 13.1. The molecule has 0 saturated carbocycles. The molecule has 0 N–H and O–H groups in total. The second kappa shape index (κ2) is 9.24. The van der Waals surface area contributed by atoms with Gasteiger partial charge in [-0.2, -0.15) is 4.31 Å². The molecule has 1 heterocycles. The second-order valence-corrected chi connectivity index (χ2v) is 9.42. The molecular formula is C21H25ClN2O5S. The van der Waals surface area contributed by atoms with E-state index >= 15 is 0 Å². The van der Waals surface area contributed by atoms with Crippen molar-refractivity contribution in [2.75, 3.05) is 39.3 Å². The van der Waals surface area contributed by atoms with Gasteiger partial charge in [0, 0.05) is 42.8 Å². The van der Waals surface area contributed by atoms with Gasteiger partial charge in [-0.25, -0.2) is 8.42 Å². The summed E-state index contributed by atoms with van der Waals surface area (Å²) in [5.74, 6) is 0.619. The number of benzene rings is 2. The Morgan fingerprint density at radius 1 is 1.10 bits per heavy atom. The summed E-state index contributed by atoms with van der Waals surface area (Å²) < 4.78 is 38.0. The van der Waals surface area contributed by atoms with Crippen LogP contribution in [0.3, 0.4) is 0 Å². The zero-order chi connectivity index (χ0) is 21.9. The molecule has 3 rings (SSSR count). The molecule has 0 atom stereocenters. The summed E-state index contributed by atoms with van der Waals surface area (Å²) in [7, 11) is 0.938. The van der Waals surface area contributed by atoms with Gasteiger partial charge in [-0.05, 0) is 43.2 Å². The topological polar surface area (TPSA) is 76.2 Å². The summed E-state index contributed by atoms with van der Waals surface area (Å²) in [4.78, 5) is 14.6. The van der Waals surface area contributed by atoms with Crippen LogP contribution in [0.15, 0.2) is 47.4 Å². The maximum Gasteiger partial charge on any atom is 0.246 e. The minimum Gasteiger partial charge on any atom is -0.497 e. The number of hydrogen-bond acceptors (Lipinski definition) is 5. The van der Waals surface area contributed by atoms with E-state index in [1.807, 2.05) is 18.2 Å². The molecular weight excluding hydrogens is 428 g/mol. The molecule has 0 bridgehead atoms. The van der Waals surface area contributed by atoms with Gasteiger partial charge in [0.05, 0.1) is 14.2 Å². The van der Waals surface area contributed by atoms with Crippen molar-refractivity contribution >= 4 is 33.2 Å². The lowest BCUT2D eigenvalue weighted by Crippen LogP contribution is -2.43. The number of amides is 1. The van der Waals surface area contributed by atoms with Gasteiger partial charge in [-0.1, -0.05) is 17.7 Å². The first-order valence-electron chi connectivity index (χ1n) is 9.53. The third-order valence-electron chi connectivity index (χ3n) is 5.32. The Kier molecular flexibility index (Phi) is 6.90. The Balaban J connectivity index is 1.71. The lowest BCUT2D eigenvalue weighted by atomic mass is 9.96. The Morgan fingerprint density at radius 2 is 1.80 bits per heavy atom. The van der Waals surface area contributed by atoms with Crippen molar-refractivity contribution in [1.82, 2.24) is 4.31 Å². The zero-order valence-electron chi connectivity index (χ0n) is 17.2. The minimum absolute atomic E-state index is 0.0378. The lowest BCUT2D eigenvalue weighted by Gasteiger charge is -2.32. The van der Waals surface area contributed by atoms with Crippen LogP contribution >= 0.6 is 11.6 Å². The highest BCUT2D eigenvalue weighted by Crippen LogP contribution is 2.32. The van der Waals surface area contributed by atoms with Crippen LogP contribution in [-0.4, -0.2) is 53.0 Å². The van der Waals surface area contributed by atoms with Gasteiger partial charge in [0.2, 0.25) is 15.9 Å². The molecule has 1 aliphatic heterocycles. The molecule has 1 fully saturated rings. The van der Waals surface area contributed by atoms with Crippen molar-refractivity contribution < 1.29 is 22.7 Å². The fourth-order valence-electron chi connectivity index (χ4n) is 3.55. The Bertz CT molecular complexity index is 1020. The first-order valence-corrected chi connectivity index (χ1v) is 11.3. The largest absolute Gasteiger partial charge is 0.497 e. The van der Waals surface area contributed by atoms with Gasteiger partial charge < -0.3 is 14.4 Å². The number of nitrogens with zero attached hydrogens (tertiary/aromatic N) is 2. The summed E-state index contributed by atoms with van der Waals surface area (Å²) in [6.45, 7) is 0.501. The molecule has 0 aliphatic carbocycles. The first kappa shape index (κ1) is 22.4. The first-order chi connectivity index (χ1) is 14.3. The SMILES string of the molecule is COc1cccc(N(C)C(=O)C2CCN(S(=O)(=O)c3cc(Cl)ccc3OC)CC2)c1. The molecule has 0 unspecified atom stereocenters. The smallest absolute Gasteiger partial charge is 0.246 e. The molecule has 0 spiro atoms. The fraction of sp³-hybridized carbons (Fsp3) is 0.381. The molecule has 2 aromatic rings. The van der Waals surface area contributed by atoms with Crippen LogP contribution in [0.4, 0.5) is 5.69 Å². The summed E-state index contributed by atoms with van der Waals surface area (Å²) in [6, 6.07) is 11.8. The van der Waals surface area contributed by atoms with Crippen LogP contribution in [0, 0.1) is 5.92 Å². The van der Waals surface area contributed by atoms with Crippen molar-refractivity contribution in [2.24, 2.45) is 5.92 Å². The van der Waals surface area contributed by atoms with Crippen LogP contribution < -0.4 is 14.4 Å². The third-order valence-corrected chi connectivity index (χ3v) is 7.47. The second-order valence-electron chi connectivity index (χ2n) is 7.07. The van der Waals surface area contributed by atoms with Crippen molar-refractivity contribution in [3.8, 4) is 11.5 Å². The highest BCUT2D eigenvalue weighted by Gasteiger charge is 2.35. The van der Waals surface area contributed by atoms with E-state index in [1.165, 1.54) is 23.5 Å². The lowest BCUT2D eigenvalue weighted by molar-refractivity contribution is -0.123. The van der Waals surface area contributed by atoms with Crippen LogP contribution in [0.25, 0.3) is 0 Å². The summed E-state index contributed by atoms with van der Waals surface area (Å²) in [6.07, 6.45) is 0.879.